The van der Waals surface area contributed by atoms with E-state index in [9.17, 15) is 4.79 Å². The quantitative estimate of drug-likeness (QED) is 0.841. The summed E-state index contributed by atoms with van der Waals surface area (Å²) in [6, 6.07) is 3.46. The molecular weight excluding hydrogens is 284 g/mol. The maximum Gasteiger partial charge on any atom is 0.276 e. The van der Waals surface area contributed by atoms with Gasteiger partial charge in [0.2, 0.25) is 0 Å². The normalized spacial score (nSPS) is 16.3. The average molecular weight is 304 g/mol. The molecule has 2 aromatic rings. The molecule has 0 radical (unpaired) electrons. The van der Waals surface area contributed by atoms with E-state index in [2.05, 4.69) is 10.3 Å². The van der Waals surface area contributed by atoms with Gasteiger partial charge in [-0.05, 0) is 25.3 Å². The number of amides is 1. The Morgan fingerprint density at radius 2 is 2.32 bits per heavy atom. The number of carbonyl (C=O) groups excluding carboxylic acids is 1. The first-order valence-corrected chi connectivity index (χ1v) is 7.29. The van der Waals surface area contributed by atoms with Gasteiger partial charge < -0.3 is 14.2 Å². The van der Waals surface area contributed by atoms with E-state index in [1.54, 1.807) is 29.8 Å². The van der Waals surface area contributed by atoms with Crippen molar-refractivity contribution in [2.24, 2.45) is 7.05 Å². The molecule has 1 amide bonds. The Balaban J connectivity index is 1.79. The van der Waals surface area contributed by atoms with Crippen LogP contribution in [0.3, 0.4) is 0 Å². The second-order valence-electron chi connectivity index (χ2n) is 5.83. The summed E-state index contributed by atoms with van der Waals surface area (Å²) >= 11 is 0. The van der Waals surface area contributed by atoms with Crippen LogP contribution in [0.5, 0.6) is 0 Å². The maximum atomic E-state index is 12.6. The molecule has 0 aliphatic heterocycles. The second kappa shape index (κ2) is 5.57. The highest BCUT2D eigenvalue weighted by Gasteiger charge is 2.43. The van der Waals surface area contributed by atoms with Gasteiger partial charge in [0.25, 0.3) is 5.91 Å². The van der Waals surface area contributed by atoms with Crippen LogP contribution in [0.2, 0.25) is 0 Å². The molecule has 0 N–H and O–H groups in total. The van der Waals surface area contributed by atoms with Crippen LogP contribution in [0.25, 0.3) is 11.5 Å². The third-order valence-corrected chi connectivity index (χ3v) is 4.41. The molecule has 0 unspecified atom stereocenters. The van der Waals surface area contributed by atoms with Crippen LogP contribution in [-0.2, 0) is 11.8 Å². The molecular formula is C15H20N4O3. The number of aromatic nitrogens is 3. The van der Waals surface area contributed by atoms with E-state index in [1.165, 1.54) is 0 Å². The van der Waals surface area contributed by atoms with Gasteiger partial charge in [0.15, 0.2) is 11.5 Å². The summed E-state index contributed by atoms with van der Waals surface area (Å²) in [4.78, 5) is 14.4. The Bertz CT molecular complexity index is 672. The van der Waals surface area contributed by atoms with Crippen LogP contribution in [-0.4, -0.2) is 52.0 Å². The molecule has 0 bridgehead atoms. The van der Waals surface area contributed by atoms with Crippen molar-refractivity contribution in [2.75, 3.05) is 20.8 Å². The van der Waals surface area contributed by atoms with E-state index in [4.69, 9.17) is 9.26 Å². The van der Waals surface area contributed by atoms with Gasteiger partial charge in [-0.15, -0.1) is 0 Å². The standard InChI is InChI=1S/C15H20N4O3/c1-18-8-5-11(16-18)13-9-12(17-22-13)14(20)19(2)15(10-21-3)6-4-7-15/h5,8-9H,4,6-7,10H2,1-3H3. The van der Waals surface area contributed by atoms with E-state index in [0.29, 0.717) is 23.8 Å². The van der Waals surface area contributed by atoms with Crippen LogP contribution < -0.4 is 0 Å². The van der Waals surface area contributed by atoms with E-state index in [-0.39, 0.29) is 11.4 Å². The highest BCUT2D eigenvalue weighted by Crippen LogP contribution is 2.38. The number of aryl methyl sites for hydroxylation is 1. The summed E-state index contributed by atoms with van der Waals surface area (Å²) in [7, 11) is 5.29. The molecule has 0 saturated heterocycles. The first-order valence-electron chi connectivity index (χ1n) is 7.29. The minimum atomic E-state index is -0.212. The predicted octanol–water partition coefficient (Wildman–Crippen LogP) is 1.72. The Hall–Kier alpha value is -2.15. The summed E-state index contributed by atoms with van der Waals surface area (Å²) in [5, 5.41) is 8.14. The minimum Gasteiger partial charge on any atom is -0.382 e. The minimum absolute atomic E-state index is 0.150. The molecule has 0 aromatic carbocycles. The molecule has 0 atom stereocenters. The van der Waals surface area contributed by atoms with Crippen molar-refractivity contribution in [3.8, 4) is 11.5 Å². The Kier molecular flexibility index (Phi) is 3.74. The third kappa shape index (κ3) is 2.41. The molecule has 2 aromatic heterocycles. The lowest BCUT2D eigenvalue weighted by atomic mass is 9.76. The Labute approximate surface area is 128 Å². The van der Waals surface area contributed by atoms with Gasteiger partial charge in [0.05, 0.1) is 12.1 Å². The number of nitrogens with zero attached hydrogens (tertiary/aromatic N) is 4. The molecule has 1 saturated carbocycles. The average Bonchev–Trinajstić information content (AvgIpc) is 3.10. The lowest BCUT2D eigenvalue weighted by molar-refractivity contribution is -0.0190. The van der Waals surface area contributed by atoms with E-state index < -0.39 is 0 Å². The fourth-order valence-corrected chi connectivity index (χ4v) is 2.86. The van der Waals surface area contributed by atoms with E-state index in [1.807, 2.05) is 19.3 Å². The van der Waals surface area contributed by atoms with Crippen molar-refractivity contribution in [1.82, 2.24) is 19.8 Å². The number of methoxy groups -OCH3 is 1. The molecule has 118 valence electrons. The summed E-state index contributed by atoms with van der Waals surface area (Å²) in [6.07, 6.45) is 4.83. The number of likely N-dealkylation sites (N-methyl/N-ethyl adjacent to an activating group) is 1. The predicted molar refractivity (Wildman–Crippen MR) is 79.3 cm³/mol. The fraction of sp³-hybridized carbons (Fsp3) is 0.533. The Morgan fingerprint density at radius 3 is 2.86 bits per heavy atom. The molecule has 7 heteroatoms. The van der Waals surface area contributed by atoms with Crippen molar-refractivity contribution in [2.45, 2.75) is 24.8 Å². The number of ether oxygens (including phenoxy) is 1. The first kappa shape index (κ1) is 14.8. The van der Waals surface area contributed by atoms with Gasteiger partial charge in [0.1, 0.15) is 5.69 Å². The number of carbonyl (C=O) groups is 1. The van der Waals surface area contributed by atoms with Gasteiger partial charge in [-0.1, -0.05) is 5.16 Å². The van der Waals surface area contributed by atoms with Gasteiger partial charge in [-0.2, -0.15) is 5.10 Å². The lowest BCUT2D eigenvalue weighted by Gasteiger charge is -2.47. The highest BCUT2D eigenvalue weighted by atomic mass is 16.5. The van der Waals surface area contributed by atoms with Gasteiger partial charge >= 0.3 is 0 Å². The molecule has 2 heterocycles. The molecule has 1 aliphatic rings. The zero-order chi connectivity index (χ0) is 15.7. The fourth-order valence-electron chi connectivity index (χ4n) is 2.86. The van der Waals surface area contributed by atoms with Crippen LogP contribution >= 0.6 is 0 Å². The summed E-state index contributed by atoms with van der Waals surface area (Å²) in [6.45, 7) is 0.542. The zero-order valence-electron chi connectivity index (χ0n) is 13.1. The monoisotopic (exact) mass is 304 g/mol. The van der Waals surface area contributed by atoms with Crippen LogP contribution in [0, 0.1) is 0 Å². The smallest absolute Gasteiger partial charge is 0.276 e. The third-order valence-electron chi connectivity index (χ3n) is 4.41. The summed E-state index contributed by atoms with van der Waals surface area (Å²) in [5.74, 6) is 0.342. The largest absolute Gasteiger partial charge is 0.382 e. The van der Waals surface area contributed by atoms with Crippen LogP contribution in [0.4, 0.5) is 0 Å². The second-order valence-corrected chi connectivity index (χ2v) is 5.83. The van der Waals surface area contributed by atoms with E-state index >= 15 is 0 Å². The Morgan fingerprint density at radius 1 is 1.55 bits per heavy atom. The molecule has 1 aliphatic carbocycles. The van der Waals surface area contributed by atoms with Gasteiger partial charge in [-0.25, -0.2) is 0 Å². The number of hydrogen-bond donors (Lipinski definition) is 0. The zero-order valence-corrected chi connectivity index (χ0v) is 13.1. The van der Waals surface area contributed by atoms with Gasteiger partial charge in [-0.3, -0.25) is 9.48 Å². The van der Waals surface area contributed by atoms with Crippen molar-refractivity contribution >= 4 is 5.91 Å². The molecule has 1 fully saturated rings. The van der Waals surface area contributed by atoms with Crippen LogP contribution in [0.1, 0.15) is 29.8 Å². The van der Waals surface area contributed by atoms with Crippen molar-refractivity contribution in [3.63, 3.8) is 0 Å². The summed E-state index contributed by atoms with van der Waals surface area (Å²) < 4.78 is 12.2. The summed E-state index contributed by atoms with van der Waals surface area (Å²) in [5.41, 5.74) is 0.744. The molecule has 3 rings (SSSR count). The SMILES string of the molecule is COCC1(N(C)C(=O)c2cc(-c3ccn(C)n3)on2)CCC1. The van der Waals surface area contributed by atoms with Crippen LogP contribution in [0.15, 0.2) is 22.9 Å². The van der Waals surface area contributed by atoms with Crippen molar-refractivity contribution in [1.29, 1.82) is 0 Å². The highest BCUT2D eigenvalue weighted by molar-refractivity contribution is 5.93. The molecule has 7 nitrogen and oxygen atoms in total. The molecule has 22 heavy (non-hydrogen) atoms. The number of rotatable bonds is 5. The van der Waals surface area contributed by atoms with Crippen molar-refractivity contribution < 1.29 is 14.1 Å². The maximum absolute atomic E-state index is 12.6. The lowest BCUT2D eigenvalue weighted by Crippen LogP contribution is -2.57. The van der Waals surface area contributed by atoms with Gasteiger partial charge in [0, 0.05) is 33.5 Å². The number of hydrogen-bond acceptors (Lipinski definition) is 5. The van der Waals surface area contributed by atoms with Crippen molar-refractivity contribution in [3.05, 3.63) is 24.0 Å². The molecule has 0 spiro atoms. The van der Waals surface area contributed by atoms with E-state index in [0.717, 1.165) is 19.3 Å². The topological polar surface area (TPSA) is 73.4 Å². The first-order chi connectivity index (χ1) is 10.6.